The lowest BCUT2D eigenvalue weighted by Gasteiger charge is -2.29. The molecule has 1 saturated heterocycles. The molecule has 2 rings (SSSR count). The SMILES string of the molecule is OCC(c1ccc(F)c(F)c1)C1CCNCC1. The summed E-state index contributed by atoms with van der Waals surface area (Å²) in [7, 11) is 0. The van der Waals surface area contributed by atoms with E-state index in [1.165, 1.54) is 6.07 Å². The lowest BCUT2D eigenvalue weighted by atomic mass is 9.81. The zero-order valence-corrected chi connectivity index (χ0v) is 9.63. The van der Waals surface area contributed by atoms with Crippen molar-refractivity contribution in [2.24, 2.45) is 5.92 Å². The first kappa shape index (κ1) is 12.5. The van der Waals surface area contributed by atoms with E-state index >= 15 is 0 Å². The maximum absolute atomic E-state index is 13.2. The van der Waals surface area contributed by atoms with E-state index in [1.807, 2.05) is 0 Å². The molecule has 1 aliphatic heterocycles. The Morgan fingerprint density at radius 2 is 1.94 bits per heavy atom. The van der Waals surface area contributed by atoms with Crippen LogP contribution in [0.3, 0.4) is 0 Å². The molecule has 1 atom stereocenters. The molecule has 0 bridgehead atoms. The zero-order valence-electron chi connectivity index (χ0n) is 9.63. The van der Waals surface area contributed by atoms with Crippen LogP contribution >= 0.6 is 0 Å². The standard InChI is InChI=1S/C13H17F2NO/c14-12-2-1-10(7-13(12)15)11(8-17)9-3-5-16-6-4-9/h1-2,7,9,11,16-17H,3-6,8H2. The van der Waals surface area contributed by atoms with E-state index in [1.54, 1.807) is 6.07 Å². The number of aliphatic hydroxyl groups is 1. The molecule has 0 aromatic heterocycles. The summed E-state index contributed by atoms with van der Waals surface area (Å²) in [6, 6.07) is 3.91. The monoisotopic (exact) mass is 241 g/mol. The molecule has 1 fully saturated rings. The number of hydrogen-bond acceptors (Lipinski definition) is 2. The van der Waals surface area contributed by atoms with Gasteiger partial charge in [0.05, 0.1) is 6.61 Å². The van der Waals surface area contributed by atoms with E-state index in [4.69, 9.17) is 0 Å². The number of piperidine rings is 1. The third kappa shape index (κ3) is 2.82. The van der Waals surface area contributed by atoms with E-state index in [0.29, 0.717) is 11.5 Å². The number of nitrogens with one attached hydrogen (secondary N) is 1. The fourth-order valence-electron chi connectivity index (χ4n) is 2.52. The van der Waals surface area contributed by atoms with Crippen LogP contribution in [0.25, 0.3) is 0 Å². The number of aliphatic hydroxyl groups excluding tert-OH is 1. The van der Waals surface area contributed by atoms with Gasteiger partial charge in [-0.05, 0) is 49.5 Å². The van der Waals surface area contributed by atoms with Gasteiger partial charge in [-0.1, -0.05) is 6.07 Å². The molecule has 1 aromatic rings. The molecule has 17 heavy (non-hydrogen) atoms. The first-order valence-electron chi connectivity index (χ1n) is 5.99. The molecule has 2 nitrogen and oxygen atoms in total. The summed E-state index contributed by atoms with van der Waals surface area (Å²) in [6.07, 6.45) is 1.93. The van der Waals surface area contributed by atoms with Crippen LogP contribution in [0.5, 0.6) is 0 Å². The van der Waals surface area contributed by atoms with Crippen LogP contribution in [0, 0.1) is 17.6 Å². The third-order valence-corrected chi connectivity index (χ3v) is 3.52. The predicted molar refractivity (Wildman–Crippen MR) is 61.8 cm³/mol. The Kier molecular flexibility index (Phi) is 4.07. The Morgan fingerprint density at radius 3 is 2.53 bits per heavy atom. The molecular formula is C13H17F2NO. The fourth-order valence-corrected chi connectivity index (χ4v) is 2.52. The smallest absolute Gasteiger partial charge is 0.159 e. The van der Waals surface area contributed by atoms with E-state index in [2.05, 4.69) is 5.32 Å². The van der Waals surface area contributed by atoms with Gasteiger partial charge in [-0.2, -0.15) is 0 Å². The number of rotatable bonds is 3. The largest absolute Gasteiger partial charge is 0.396 e. The Balaban J connectivity index is 2.18. The second-order valence-corrected chi connectivity index (χ2v) is 4.55. The van der Waals surface area contributed by atoms with Crippen molar-refractivity contribution in [3.05, 3.63) is 35.4 Å². The van der Waals surface area contributed by atoms with Gasteiger partial charge in [0.1, 0.15) is 0 Å². The first-order chi connectivity index (χ1) is 8.22. The lowest BCUT2D eigenvalue weighted by Crippen LogP contribution is -2.32. The van der Waals surface area contributed by atoms with Gasteiger partial charge in [0.2, 0.25) is 0 Å². The number of benzene rings is 1. The van der Waals surface area contributed by atoms with Crippen LogP contribution in [0.4, 0.5) is 8.78 Å². The van der Waals surface area contributed by atoms with E-state index in [0.717, 1.165) is 32.0 Å². The first-order valence-corrected chi connectivity index (χ1v) is 5.99. The normalized spacial score (nSPS) is 19.2. The summed E-state index contributed by atoms with van der Waals surface area (Å²) < 4.78 is 26.0. The Hall–Kier alpha value is -1.00. The van der Waals surface area contributed by atoms with E-state index in [9.17, 15) is 13.9 Å². The van der Waals surface area contributed by atoms with Gasteiger partial charge < -0.3 is 10.4 Å². The van der Waals surface area contributed by atoms with Gasteiger partial charge in [-0.15, -0.1) is 0 Å². The number of halogens is 2. The molecule has 0 radical (unpaired) electrons. The Bertz CT molecular complexity index is 378. The molecule has 1 heterocycles. The minimum Gasteiger partial charge on any atom is -0.396 e. The number of hydrogen-bond donors (Lipinski definition) is 2. The second kappa shape index (κ2) is 5.56. The molecule has 1 aromatic carbocycles. The summed E-state index contributed by atoms with van der Waals surface area (Å²) in [4.78, 5) is 0. The van der Waals surface area contributed by atoms with Gasteiger partial charge in [0.15, 0.2) is 11.6 Å². The van der Waals surface area contributed by atoms with Crippen LogP contribution < -0.4 is 5.32 Å². The minimum absolute atomic E-state index is 0.0181. The molecule has 2 N–H and O–H groups in total. The fraction of sp³-hybridized carbons (Fsp3) is 0.538. The molecule has 1 aliphatic rings. The van der Waals surface area contributed by atoms with Crippen LogP contribution in [0.1, 0.15) is 24.3 Å². The van der Waals surface area contributed by atoms with Crippen LogP contribution in [0.15, 0.2) is 18.2 Å². The van der Waals surface area contributed by atoms with Crippen molar-refractivity contribution >= 4 is 0 Å². The highest BCUT2D eigenvalue weighted by molar-refractivity contribution is 5.22. The van der Waals surface area contributed by atoms with Crippen molar-refractivity contribution in [2.45, 2.75) is 18.8 Å². The molecular weight excluding hydrogens is 224 g/mol. The summed E-state index contributed by atoms with van der Waals surface area (Å²) in [5.74, 6) is -1.43. The Labute approximate surface area is 99.7 Å². The maximum Gasteiger partial charge on any atom is 0.159 e. The van der Waals surface area contributed by atoms with Gasteiger partial charge in [-0.3, -0.25) is 0 Å². The predicted octanol–water partition coefficient (Wildman–Crippen LogP) is 2.04. The molecule has 0 aliphatic carbocycles. The maximum atomic E-state index is 13.2. The summed E-state index contributed by atoms with van der Waals surface area (Å²) >= 11 is 0. The average Bonchev–Trinajstić information content (AvgIpc) is 2.36. The molecule has 0 saturated carbocycles. The van der Waals surface area contributed by atoms with Gasteiger partial charge >= 0.3 is 0 Å². The van der Waals surface area contributed by atoms with Gasteiger partial charge in [-0.25, -0.2) is 8.78 Å². The van der Waals surface area contributed by atoms with Crippen LogP contribution in [-0.2, 0) is 0 Å². The van der Waals surface area contributed by atoms with Crippen molar-refractivity contribution in [3.63, 3.8) is 0 Å². The van der Waals surface area contributed by atoms with Crippen molar-refractivity contribution in [1.82, 2.24) is 5.32 Å². The summed E-state index contributed by atoms with van der Waals surface area (Å²) in [6.45, 7) is 1.82. The van der Waals surface area contributed by atoms with Crippen LogP contribution in [0.2, 0.25) is 0 Å². The highest BCUT2D eigenvalue weighted by Crippen LogP contribution is 2.31. The quantitative estimate of drug-likeness (QED) is 0.848. The van der Waals surface area contributed by atoms with E-state index in [-0.39, 0.29) is 12.5 Å². The molecule has 0 spiro atoms. The van der Waals surface area contributed by atoms with Gasteiger partial charge in [0, 0.05) is 5.92 Å². The Morgan fingerprint density at radius 1 is 1.24 bits per heavy atom. The highest BCUT2D eigenvalue weighted by Gasteiger charge is 2.25. The van der Waals surface area contributed by atoms with Crippen molar-refractivity contribution < 1.29 is 13.9 Å². The summed E-state index contributed by atoms with van der Waals surface area (Å²) in [5, 5.41) is 12.7. The van der Waals surface area contributed by atoms with E-state index < -0.39 is 11.6 Å². The van der Waals surface area contributed by atoms with Crippen molar-refractivity contribution in [3.8, 4) is 0 Å². The second-order valence-electron chi connectivity index (χ2n) is 4.55. The molecule has 4 heteroatoms. The van der Waals surface area contributed by atoms with Crippen LogP contribution in [-0.4, -0.2) is 24.8 Å². The molecule has 0 amide bonds. The topological polar surface area (TPSA) is 32.3 Å². The lowest BCUT2D eigenvalue weighted by molar-refractivity contribution is 0.201. The average molecular weight is 241 g/mol. The third-order valence-electron chi connectivity index (χ3n) is 3.52. The zero-order chi connectivity index (χ0) is 12.3. The minimum atomic E-state index is -0.838. The molecule has 1 unspecified atom stereocenters. The molecule has 94 valence electrons. The van der Waals surface area contributed by atoms with Gasteiger partial charge in [0.25, 0.3) is 0 Å². The summed E-state index contributed by atoms with van der Waals surface area (Å²) in [5.41, 5.74) is 0.693. The van der Waals surface area contributed by atoms with Crippen molar-refractivity contribution in [1.29, 1.82) is 0 Å². The van der Waals surface area contributed by atoms with Crippen molar-refractivity contribution in [2.75, 3.05) is 19.7 Å². The highest BCUT2D eigenvalue weighted by atomic mass is 19.2.